The smallest absolute Gasteiger partial charge is 0.119 e. The summed E-state index contributed by atoms with van der Waals surface area (Å²) in [7, 11) is 0. The van der Waals surface area contributed by atoms with Gasteiger partial charge in [-0.1, -0.05) is 32.9 Å². The number of pyridine rings is 1. The number of anilines is 1. The van der Waals surface area contributed by atoms with E-state index in [2.05, 4.69) is 65.9 Å². The van der Waals surface area contributed by atoms with Gasteiger partial charge in [-0.25, -0.2) is 0 Å². The normalized spacial score (nSPS) is 15.7. The zero-order chi connectivity index (χ0) is 19.1. The van der Waals surface area contributed by atoms with Gasteiger partial charge in [0.25, 0.3) is 0 Å². The molecule has 1 aliphatic rings. The number of benzene rings is 1. The molecule has 0 amide bonds. The van der Waals surface area contributed by atoms with Gasteiger partial charge in [0, 0.05) is 38.9 Å². The van der Waals surface area contributed by atoms with Crippen LogP contribution >= 0.6 is 0 Å². The van der Waals surface area contributed by atoms with E-state index in [-0.39, 0.29) is 5.41 Å². The van der Waals surface area contributed by atoms with Crippen molar-refractivity contribution in [2.45, 2.75) is 39.0 Å². The lowest BCUT2D eigenvalue weighted by Crippen LogP contribution is -2.46. The Morgan fingerprint density at radius 3 is 2.41 bits per heavy atom. The van der Waals surface area contributed by atoms with Crippen molar-refractivity contribution in [1.82, 2.24) is 9.88 Å². The molecule has 3 rings (SSSR count). The molecule has 0 aliphatic carbocycles. The van der Waals surface area contributed by atoms with Crippen LogP contribution in [0.3, 0.4) is 0 Å². The molecule has 146 valence electrons. The predicted octanol–water partition coefficient (Wildman–Crippen LogP) is 4.36. The summed E-state index contributed by atoms with van der Waals surface area (Å²) in [6.45, 7) is 13.0. The summed E-state index contributed by atoms with van der Waals surface area (Å²) in [4.78, 5) is 9.17. The minimum atomic E-state index is 0.233. The highest BCUT2D eigenvalue weighted by molar-refractivity contribution is 5.44. The summed E-state index contributed by atoms with van der Waals surface area (Å²) < 4.78 is 5.94. The molecule has 2 aromatic rings. The SMILES string of the molecule is CCC(C)(C)c1ccc(OCCCN2CCN(c3cccnc3)CC2)cc1. The first-order chi connectivity index (χ1) is 13.1. The number of hydrogen-bond acceptors (Lipinski definition) is 4. The standard InChI is InChI=1S/C23H33N3O/c1-4-23(2,3)20-8-10-22(11-9-20)27-18-6-13-25-14-16-26(17-15-25)21-7-5-12-24-19-21/h5,7-12,19H,4,6,13-18H2,1-3H3. The summed E-state index contributed by atoms with van der Waals surface area (Å²) in [5.74, 6) is 0.979. The van der Waals surface area contributed by atoms with E-state index in [0.717, 1.165) is 57.9 Å². The van der Waals surface area contributed by atoms with Crippen LogP contribution in [-0.4, -0.2) is 49.2 Å². The molecule has 1 aliphatic heterocycles. The third-order valence-corrected chi connectivity index (χ3v) is 5.79. The molecule has 2 heterocycles. The average Bonchev–Trinajstić information content (AvgIpc) is 2.73. The Morgan fingerprint density at radius 1 is 1.04 bits per heavy atom. The first kappa shape index (κ1) is 19.7. The van der Waals surface area contributed by atoms with Gasteiger partial charge in [-0.2, -0.15) is 0 Å². The minimum Gasteiger partial charge on any atom is -0.494 e. The van der Waals surface area contributed by atoms with Gasteiger partial charge in [0.1, 0.15) is 5.75 Å². The van der Waals surface area contributed by atoms with E-state index < -0.39 is 0 Å². The summed E-state index contributed by atoms with van der Waals surface area (Å²) in [6, 6.07) is 12.8. The van der Waals surface area contributed by atoms with Gasteiger partial charge in [-0.05, 0) is 48.1 Å². The number of nitrogens with zero attached hydrogens (tertiary/aromatic N) is 3. The number of hydrogen-bond donors (Lipinski definition) is 0. The van der Waals surface area contributed by atoms with Gasteiger partial charge < -0.3 is 9.64 Å². The molecule has 0 saturated carbocycles. The third kappa shape index (κ3) is 5.46. The van der Waals surface area contributed by atoms with Gasteiger partial charge in [-0.3, -0.25) is 9.88 Å². The molecule has 0 atom stereocenters. The van der Waals surface area contributed by atoms with Crippen molar-refractivity contribution in [3.63, 3.8) is 0 Å². The average molecular weight is 368 g/mol. The number of piperazine rings is 1. The van der Waals surface area contributed by atoms with Gasteiger partial charge in [0.2, 0.25) is 0 Å². The number of rotatable bonds is 8. The highest BCUT2D eigenvalue weighted by Crippen LogP contribution is 2.28. The molecule has 0 N–H and O–H groups in total. The van der Waals surface area contributed by atoms with Crippen LogP contribution in [0.5, 0.6) is 5.75 Å². The highest BCUT2D eigenvalue weighted by Gasteiger charge is 2.18. The maximum atomic E-state index is 5.94. The van der Waals surface area contributed by atoms with E-state index in [9.17, 15) is 0 Å². The Labute approximate surface area is 164 Å². The topological polar surface area (TPSA) is 28.6 Å². The summed E-state index contributed by atoms with van der Waals surface area (Å²) in [5.41, 5.74) is 2.84. The van der Waals surface area contributed by atoms with Gasteiger partial charge in [-0.15, -0.1) is 0 Å². The molecule has 1 aromatic heterocycles. The first-order valence-corrected chi connectivity index (χ1v) is 10.2. The van der Waals surface area contributed by atoms with Crippen molar-refractivity contribution in [1.29, 1.82) is 0 Å². The van der Waals surface area contributed by atoms with E-state index in [1.165, 1.54) is 11.3 Å². The zero-order valence-corrected chi connectivity index (χ0v) is 17.0. The molecule has 0 bridgehead atoms. The summed E-state index contributed by atoms with van der Waals surface area (Å²) in [6.07, 6.45) is 5.99. The fraction of sp³-hybridized carbons (Fsp3) is 0.522. The van der Waals surface area contributed by atoms with Crippen molar-refractivity contribution in [2.75, 3.05) is 44.2 Å². The molecule has 1 saturated heterocycles. The molecule has 4 nitrogen and oxygen atoms in total. The van der Waals surface area contributed by atoms with Crippen LogP contribution in [-0.2, 0) is 5.41 Å². The molecule has 0 unspecified atom stereocenters. The van der Waals surface area contributed by atoms with Gasteiger partial charge >= 0.3 is 0 Å². The molecule has 1 fully saturated rings. The number of ether oxygens (including phenoxy) is 1. The predicted molar refractivity (Wildman–Crippen MR) is 113 cm³/mol. The fourth-order valence-electron chi connectivity index (χ4n) is 3.46. The van der Waals surface area contributed by atoms with E-state index in [0.29, 0.717) is 0 Å². The quantitative estimate of drug-likeness (QED) is 0.648. The highest BCUT2D eigenvalue weighted by atomic mass is 16.5. The van der Waals surface area contributed by atoms with Crippen LogP contribution in [0.4, 0.5) is 5.69 Å². The fourth-order valence-corrected chi connectivity index (χ4v) is 3.46. The molecular formula is C23H33N3O. The minimum absolute atomic E-state index is 0.233. The largest absolute Gasteiger partial charge is 0.494 e. The maximum Gasteiger partial charge on any atom is 0.119 e. The van der Waals surface area contributed by atoms with E-state index in [4.69, 9.17) is 4.74 Å². The Balaban J connectivity index is 1.35. The molecule has 0 radical (unpaired) electrons. The van der Waals surface area contributed by atoms with Crippen LogP contribution in [0.15, 0.2) is 48.8 Å². The van der Waals surface area contributed by atoms with E-state index in [1.54, 1.807) is 0 Å². The van der Waals surface area contributed by atoms with Crippen LogP contribution < -0.4 is 9.64 Å². The first-order valence-electron chi connectivity index (χ1n) is 10.2. The van der Waals surface area contributed by atoms with Crippen LogP contribution in [0.2, 0.25) is 0 Å². The maximum absolute atomic E-state index is 5.94. The Hall–Kier alpha value is -2.07. The zero-order valence-electron chi connectivity index (χ0n) is 17.0. The van der Waals surface area contributed by atoms with Crippen molar-refractivity contribution in [3.05, 3.63) is 54.4 Å². The van der Waals surface area contributed by atoms with Crippen LogP contribution in [0.25, 0.3) is 0 Å². The van der Waals surface area contributed by atoms with Crippen LogP contribution in [0.1, 0.15) is 39.2 Å². The molecule has 0 spiro atoms. The Kier molecular flexibility index (Phi) is 6.73. The van der Waals surface area contributed by atoms with Crippen molar-refractivity contribution in [2.24, 2.45) is 0 Å². The summed E-state index contributed by atoms with van der Waals surface area (Å²) >= 11 is 0. The summed E-state index contributed by atoms with van der Waals surface area (Å²) in [5, 5.41) is 0. The molecular weight excluding hydrogens is 334 g/mol. The second-order valence-electron chi connectivity index (χ2n) is 8.00. The lowest BCUT2D eigenvalue weighted by molar-refractivity contribution is 0.224. The third-order valence-electron chi connectivity index (χ3n) is 5.79. The Morgan fingerprint density at radius 2 is 1.78 bits per heavy atom. The van der Waals surface area contributed by atoms with Crippen LogP contribution in [0, 0.1) is 0 Å². The Bertz CT molecular complexity index is 677. The molecule has 4 heteroatoms. The van der Waals surface area contributed by atoms with Gasteiger partial charge in [0.05, 0.1) is 18.5 Å². The molecule has 27 heavy (non-hydrogen) atoms. The lowest BCUT2D eigenvalue weighted by atomic mass is 9.82. The van der Waals surface area contributed by atoms with E-state index >= 15 is 0 Å². The second-order valence-corrected chi connectivity index (χ2v) is 8.00. The van der Waals surface area contributed by atoms with Crippen molar-refractivity contribution >= 4 is 5.69 Å². The van der Waals surface area contributed by atoms with Crippen molar-refractivity contribution in [3.8, 4) is 5.75 Å². The monoisotopic (exact) mass is 367 g/mol. The number of aromatic nitrogens is 1. The van der Waals surface area contributed by atoms with E-state index in [1.807, 2.05) is 18.5 Å². The second kappa shape index (κ2) is 9.23. The van der Waals surface area contributed by atoms with Crippen molar-refractivity contribution < 1.29 is 4.74 Å². The lowest BCUT2D eigenvalue weighted by Gasteiger charge is -2.35. The van der Waals surface area contributed by atoms with Gasteiger partial charge in [0.15, 0.2) is 0 Å². The molecule has 1 aromatic carbocycles.